The fourth-order valence-corrected chi connectivity index (χ4v) is 2.23. The number of halogens is 4. The van der Waals surface area contributed by atoms with Gasteiger partial charge in [0.15, 0.2) is 0 Å². The molecule has 2 rings (SSSR count). The van der Waals surface area contributed by atoms with Crippen molar-refractivity contribution in [3.05, 3.63) is 58.6 Å². The molecule has 26 heavy (non-hydrogen) atoms. The smallest absolute Gasteiger partial charge is 0.325 e. The molecule has 2 amide bonds. The van der Waals surface area contributed by atoms with E-state index in [1.165, 1.54) is 30.3 Å². The highest BCUT2D eigenvalue weighted by Crippen LogP contribution is 2.36. The van der Waals surface area contributed by atoms with Gasteiger partial charge >= 0.3 is 6.18 Å². The molecule has 0 atom stereocenters. The van der Waals surface area contributed by atoms with Crippen molar-refractivity contribution in [1.29, 1.82) is 5.26 Å². The number of alkyl halides is 3. The molecule has 9 heteroatoms. The van der Waals surface area contributed by atoms with E-state index in [0.717, 1.165) is 12.1 Å². The predicted octanol–water partition coefficient (Wildman–Crippen LogP) is 4.46. The van der Waals surface area contributed by atoms with Crippen LogP contribution >= 0.6 is 11.6 Å². The Bertz CT molecular complexity index is 874. The van der Waals surface area contributed by atoms with Crippen molar-refractivity contribution in [3.63, 3.8) is 0 Å². The fraction of sp³-hybridized carbons (Fsp3) is 0.118. The van der Waals surface area contributed by atoms with Crippen LogP contribution in [0.5, 0.6) is 0 Å². The van der Waals surface area contributed by atoms with Crippen molar-refractivity contribution in [3.8, 4) is 6.07 Å². The van der Waals surface area contributed by atoms with E-state index < -0.39 is 28.6 Å². The summed E-state index contributed by atoms with van der Waals surface area (Å²) in [6.07, 6.45) is -4.94. The van der Waals surface area contributed by atoms with Gasteiger partial charge in [-0.05, 0) is 42.5 Å². The van der Waals surface area contributed by atoms with E-state index in [1.807, 2.05) is 0 Å². The van der Waals surface area contributed by atoms with Crippen LogP contribution in [0.3, 0.4) is 0 Å². The molecule has 0 aromatic heterocycles. The fourth-order valence-electron chi connectivity index (χ4n) is 2.01. The number of nitriles is 1. The summed E-state index contributed by atoms with van der Waals surface area (Å²) in [7, 11) is 0. The summed E-state index contributed by atoms with van der Waals surface area (Å²) in [5.74, 6) is -1.12. The molecule has 0 aliphatic carbocycles. The number of nitrogens with zero attached hydrogens (tertiary/aromatic N) is 1. The lowest BCUT2D eigenvalue weighted by Gasteiger charge is -2.12. The molecule has 0 unspecified atom stereocenters. The first-order valence-electron chi connectivity index (χ1n) is 7.15. The Hall–Kier alpha value is -3.05. The van der Waals surface area contributed by atoms with E-state index in [1.54, 1.807) is 6.07 Å². The molecule has 0 radical (unpaired) electrons. The van der Waals surface area contributed by atoms with Gasteiger partial charge in [0, 0.05) is 16.9 Å². The Balaban J connectivity index is 2.11. The van der Waals surface area contributed by atoms with Crippen LogP contribution in [0.2, 0.25) is 5.02 Å². The number of anilines is 2. The largest absolute Gasteiger partial charge is 0.417 e. The van der Waals surface area contributed by atoms with Crippen molar-refractivity contribution in [1.82, 2.24) is 0 Å². The highest BCUT2D eigenvalue weighted by atomic mass is 35.5. The van der Waals surface area contributed by atoms with Gasteiger partial charge in [-0.25, -0.2) is 0 Å². The van der Waals surface area contributed by atoms with E-state index in [4.69, 9.17) is 16.9 Å². The molecule has 2 N–H and O–H groups in total. The molecule has 0 spiro atoms. The van der Waals surface area contributed by atoms with Crippen LogP contribution in [0.1, 0.15) is 22.3 Å². The van der Waals surface area contributed by atoms with Crippen molar-refractivity contribution < 1.29 is 22.8 Å². The van der Waals surface area contributed by atoms with Crippen molar-refractivity contribution >= 4 is 34.8 Å². The molecule has 0 aliphatic rings. The van der Waals surface area contributed by atoms with Gasteiger partial charge in [0.25, 0.3) is 5.91 Å². The zero-order chi connectivity index (χ0) is 19.3. The lowest BCUT2D eigenvalue weighted by molar-refractivity contribution is -0.137. The van der Waals surface area contributed by atoms with Crippen LogP contribution < -0.4 is 10.6 Å². The van der Waals surface area contributed by atoms with E-state index in [9.17, 15) is 22.8 Å². The number of hydrogen-bond donors (Lipinski definition) is 2. The lowest BCUT2D eigenvalue weighted by atomic mass is 10.1. The summed E-state index contributed by atoms with van der Waals surface area (Å²) < 4.78 is 38.5. The summed E-state index contributed by atoms with van der Waals surface area (Å²) in [6, 6.07) is 10.4. The van der Waals surface area contributed by atoms with Crippen LogP contribution in [0.15, 0.2) is 42.5 Å². The minimum Gasteiger partial charge on any atom is -0.325 e. The van der Waals surface area contributed by atoms with E-state index in [2.05, 4.69) is 10.6 Å². The van der Waals surface area contributed by atoms with E-state index in [0.29, 0.717) is 5.69 Å². The zero-order valence-electron chi connectivity index (χ0n) is 13.0. The number of rotatable bonds is 4. The van der Waals surface area contributed by atoms with Gasteiger partial charge in [-0.1, -0.05) is 11.6 Å². The van der Waals surface area contributed by atoms with Gasteiger partial charge in [-0.2, -0.15) is 18.4 Å². The molecule has 134 valence electrons. The third-order valence-corrected chi connectivity index (χ3v) is 3.53. The number of amides is 2. The summed E-state index contributed by atoms with van der Waals surface area (Å²) in [4.78, 5) is 23.4. The second-order valence-corrected chi connectivity index (χ2v) is 5.51. The number of nitrogens with one attached hydrogen (secondary N) is 2. The topological polar surface area (TPSA) is 82.0 Å². The Morgan fingerprint density at radius 2 is 1.65 bits per heavy atom. The van der Waals surface area contributed by atoms with Crippen LogP contribution in [0.4, 0.5) is 24.5 Å². The summed E-state index contributed by atoms with van der Waals surface area (Å²) in [5.41, 5.74) is -0.551. The standard InChI is InChI=1S/C17H11ClF3N3O2/c18-14-6-5-12(9-13(14)17(19,20)21)24-16(26)10-1-3-11(4-2-10)23-15(25)7-8-22/h1-6,9H,7H2,(H,23,25)(H,24,26). The van der Waals surface area contributed by atoms with Crippen LogP contribution in [-0.4, -0.2) is 11.8 Å². The maximum atomic E-state index is 12.8. The number of benzene rings is 2. The molecule has 0 fully saturated rings. The number of carbonyl (C=O) groups excluding carboxylic acids is 2. The highest BCUT2D eigenvalue weighted by molar-refractivity contribution is 6.31. The van der Waals surface area contributed by atoms with Gasteiger partial charge in [0.05, 0.1) is 16.7 Å². The number of carbonyl (C=O) groups is 2. The van der Waals surface area contributed by atoms with Gasteiger partial charge in [-0.3, -0.25) is 9.59 Å². The average Bonchev–Trinajstić information content (AvgIpc) is 2.56. The van der Waals surface area contributed by atoms with Crippen molar-refractivity contribution in [2.45, 2.75) is 12.6 Å². The van der Waals surface area contributed by atoms with Crippen LogP contribution in [0.25, 0.3) is 0 Å². The maximum absolute atomic E-state index is 12.8. The third kappa shape index (κ3) is 4.97. The summed E-state index contributed by atoms with van der Waals surface area (Å²) >= 11 is 5.53. The first-order chi connectivity index (χ1) is 12.2. The molecule has 0 bridgehead atoms. The molecule has 2 aromatic rings. The Kier molecular flexibility index (Phi) is 5.85. The first-order valence-corrected chi connectivity index (χ1v) is 7.53. The Morgan fingerprint density at radius 1 is 1.04 bits per heavy atom. The Morgan fingerprint density at radius 3 is 2.23 bits per heavy atom. The quantitative estimate of drug-likeness (QED) is 0.820. The Labute approximate surface area is 151 Å². The minimum absolute atomic E-state index is 0.0573. The van der Waals surface area contributed by atoms with Crippen molar-refractivity contribution in [2.75, 3.05) is 10.6 Å². The maximum Gasteiger partial charge on any atom is 0.417 e. The normalized spacial score (nSPS) is 10.7. The van der Waals surface area contributed by atoms with E-state index >= 15 is 0 Å². The molecule has 0 heterocycles. The first kappa shape index (κ1) is 19.3. The number of hydrogen-bond acceptors (Lipinski definition) is 3. The monoisotopic (exact) mass is 381 g/mol. The minimum atomic E-state index is -4.64. The molecular weight excluding hydrogens is 371 g/mol. The van der Waals surface area contributed by atoms with Gasteiger partial charge in [-0.15, -0.1) is 0 Å². The molecule has 5 nitrogen and oxygen atoms in total. The van der Waals surface area contributed by atoms with Gasteiger partial charge in [0.1, 0.15) is 6.42 Å². The summed E-state index contributed by atoms with van der Waals surface area (Å²) in [5, 5.41) is 12.8. The van der Waals surface area contributed by atoms with E-state index in [-0.39, 0.29) is 17.7 Å². The second kappa shape index (κ2) is 7.89. The van der Waals surface area contributed by atoms with Gasteiger partial charge in [0.2, 0.25) is 5.91 Å². The molecule has 0 saturated carbocycles. The predicted molar refractivity (Wildman–Crippen MR) is 89.7 cm³/mol. The average molecular weight is 382 g/mol. The third-order valence-electron chi connectivity index (χ3n) is 3.20. The van der Waals surface area contributed by atoms with Crippen LogP contribution in [0, 0.1) is 11.3 Å². The zero-order valence-corrected chi connectivity index (χ0v) is 13.8. The second-order valence-electron chi connectivity index (χ2n) is 5.11. The van der Waals surface area contributed by atoms with Gasteiger partial charge < -0.3 is 10.6 Å². The SMILES string of the molecule is N#CCC(=O)Nc1ccc(C(=O)Nc2ccc(Cl)c(C(F)(F)F)c2)cc1. The molecular formula is C17H11ClF3N3O2. The highest BCUT2D eigenvalue weighted by Gasteiger charge is 2.33. The molecule has 0 saturated heterocycles. The van der Waals surface area contributed by atoms with Crippen molar-refractivity contribution in [2.24, 2.45) is 0 Å². The summed E-state index contributed by atoms with van der Waals surface area (Å²) in [6.45, 7) is 0. The molecule has 2 aromatic carbocycles. The molecule has 0 aliphatic heterocycles. The lowest BCUT2D eigenvalue weighted by Crippen LogP contribution is -2.14. The van der Waals surface area contributed by atoms with Crippen LogP contribution in [-0.2, 0) is 11.0 Å².